The van der Waals surface area contributed by atoms with E-state index in [4.69, 9.17) is 9.47 Å². The first kappa shape index (κ1) is 25.7. The first-order valence-corrected chi connectivity index (χ1v) is 11.9. The largest absolute Gasteiger partial charge is 0.490 e. The van der Waals surface area contributed by atoms with Crippen LogP contribution in [0.4, 0.5) is 0 Å². The average Bonchev–Trinajstić information content (AvgIpc) is 2.78. The predicted octanol–water partition coefficient (Wildman–Crippen LogP) is 4.73. The highest BCUT2D eigenvalue weighted by molar-refractivity contribution is 9.10. The smallest absolute Gasteiger partial charge is 0.242 e. The van der Waals surface area contributed by atoms with Crippen molar-refractivity contribution < 1.29 is 19.1 Å². The summed E-state index contributed by atoms with van der Waals surface area (Å²) in [5.74, 6) is 1.16. The zero-order chi connectivity index (χ0) is 23.5. The van der Waals surface area contributed by atoms with Gasteiger partial charge in [-0.05, 0) is 69.5 Å². The van der Waals surface area contributed by atoms with Gasteiger partial charge in [-0.3, -0.25) is 9.59 Å². The van der Waals surface area contributed by atoms with Crippen molar-refractivity contribution in [2.24, 2.45) is 0 Å². The first-order chi connectivity index (χ1) is 15.4. The molecule has 32 heavy (non-hydrogen) atoms. The minimum Gasteiger partial charge on any atom is -0.490 e. The van der Waals surface area contributed by atoms with Gasteiger partial charge in [-0.15, -0.1) is 0 Å². The van der Waals surface area contributed by atoms with Gasteiger partial charge in [-0.1, -0.05) is 34.1 Å². The number of likely N-dealkylation sites (N-methyl/N-ethyl adjacent to an activating group) is 1. The lowest BCUT2D eigenvalue weighted by atomic mass is 10.1. The second-order valence-electron chi connectivity index (χ2n) is 7.37. The number of rotatable bonds is 12. The van der Waals surface area contributed by atoms with Gasteiger partial charge in [0.05, 0.1) is 13.2 Å². The molecule has 0 bridgehead atoms. The van der Waals surface area contributed by atoms with Gasteiger partial charge in [0.1, 0.15) is 6.04 Å². The maximum atomic E-state index is 13.2. The second kappa shape index (κ2) is 13.1. The van der Waals surface area contributed by atoms with Crippen LogP contribution in [0.5, 0.6) is 11.5 Å². The lowest BCUT2D eigenvalue weighted by molar-refractivity contribution is -0.140. The monoisotopic (exact) mass is 504 g/mol. The first-order valence-electron chi connectivity index (χ1n) is 11.1. The lowest BCUT2D eigenvalue weighted by Crippen LogP contribution is -2.47. The summed E-state index contributed by atoms with van der Waals surface area (Å²) in [5.41, 5.74) is 1.96. The molecule has 2 rings (SSSR count). The van der Waals surface area contributed by atoms with E-state index in [-0.39, 0.29) is 11.8 Å². The van der Waals surface area contributed by atoms with E-state index in [9.17, 15) is 9.59 Å². The van der Waals surface area contributed by atoms with Crippen molar-refractivity contribution >= 4 is 27.7 Å². The van der Waals surface area contributed by atoms with Crippen LogP contribution in [0.1, 0.15) is 45.2 Å². The number of carbonyl (C=O) groups is 2. The Morgan fingerprint density at radius 3 is 2.22 bits per heavy atom. The molecule has 6 nitrogen and oxygen atoms in total. The van der Waals surface area contributed by atoms with Crippen molar-refractivity contribution in [3.63, 3.8) is 0 Å². The van der Waals surface area contributed by atoms with E-state index in [0.717, 1.165) is 15.6 Å². The number of ether oxygens (including phenoxy) is 2. The Balaban J connectivity index is 2.15. The van der Waals surface area contributed by atoms with E-state index in [1.54, 1.807) is 11.8 Å². The van der Waals surface area contributed by atoms with Gasteiger partial charge < -0.3 is 19.7 Å². The molecule has 0 saturated heterocycles. The summed E-state index contributed by atoms with van der Waals surface area (Å²) >= 11 is 3.43. The molecule has 2 aromatic carbocycles. The van der Waals surface area contributed by atoms with Gasteiger partial charge in [-0.25, -0.2) is 0 Å². The maximum absolute atomic E-state index is 13.2. The summed E-state index contributed by atoms with van der Waals surface area (Å²) in [7, 11) is 0. The Kier molecular flexibility index (Phi) is 10.5. The van der Waals surface area contributed by atoms with Crippen LogP contribution in [-0.4, -0.2) is 42.5 Å². The molecule has 0 aliphatic heterocycles. The van der Waals surface area contributed by atoms with E-state index in [1.165, 1.54) is 0 Å². The number of nitrogens with one attached hydrogen (secondary N) is 1. The molecule has 0 fully saturated rings. The topological polar surface area (TPSA) is 67.9 Å². The summed E-state index contributed by atoms with van der Waals surface area (Å²) in [6.07, 6.45) is 0.837. The number of halogens is 1. The number of amides is 2. The molecule has 0 unspecified atom stereocenters. The van der Waals surface area contributed by atoms with Gasteiger partial charge in [0.2, 0.25) is 11.8 Å². The Hall–Kier alpha value is -2.54. The van der Waals surface area contributed by atoms with Crippen LogP contribution in [0, 0.1) is 0 Å². The molecule has 0 heterocycles. The highest BCUT2D eigenvalue weighted by Crippen LogP contribution is 2.29. The molecule has 2 amide bonds. The van der Waals surface area contributed by atoms with Crippen LogP contribution in [0.15, 0.2) is 46.9 Å². The van der Waals surface area contributed by atoms with Crippen molar-refractivity contribution in [3.05, 3.63) is 58.1 Å². The summed E-state index contributed by atoms with van der Waals surface area (Å²) in [6.45, 7) is 9.48. The Morgan fingerprint density at radius 2 is 1.59 bits per heavy atom. The van der Waals surface area contributed by atoms with Gasteiger partial charge >= 0.3 is 0 Å². The molecule has 1 atom stereocenters. The van der Waals surface area contributed by atoms with Crippen LogP contribution in [0.2, 0.25) is 0 Å². The zero-order valence-electron chi connectivity index (χ0n) is 19.3. The van der Waals surface area contributed by atoms with Crippen molar-refractivity contribution in [2.75, 3.05) is 19.8 Å². The van der Waals surface area contributed by atoms with Gasteiger partial charge in [0.25, 0.3) is 0 Å². The van der Waals surface area contributed by atoms with E-state index in [2.05, 4.69) is 21.2 Å². The van der Waals surface area contributed by atoms with E-state index in [0.29, 0.717) is 50.6 Å². The summed E-state index contributed by atoms with van der Waals surface area (Å²) in [6, 6.07) is 13.0. The number of carbonyl (C=O) groups excluding carboxylic acids is 2. The number of benzene rings is 2. The van der Waals surface area contributed by atoms with Crippen LogP contribution in [-0.2, 0) is 22.6 Å². The normalized spacial score (nSPS) is 11.5. The summed E-state index contributed by atoms with van der Waals surface area (Å²) < 4.78 is 12.3. The molecule has 0 radical (unpaired) electrons. The fraction of sp³-hybridized carbons (Fsp3) is 0.440. The van der Waals surface area contributed by atoms with E-state index >= 15 is 0 Å². The van der Waals surface area contributed by atoms with Crippen LogP contribution < -0.4 is 14.8 Å². The number of hydrogen-bond acceptors (Lipinski definition) is 4. The van der Waals surface area contributed by atoms with Crippen molar-refractivity contribution in [2.45, 2.75) is 53.1 Å². The minimum absolute atomic E-state index is 0.0708. The third-order valence-electron chi connectivity index (χ3n) is 5.02. The highest BCUT2D eigenvalue weighted by Gasteiger charge is 2.25. The van der Waals surface area contributed by atoms with Crippen molar-refractivity contribution in [1.29, 1.82) is 0 Å². The predicted molar refractivity (Wildman–Crippen MR) is 130 cm³/mol. The molecule has 0 aliphatic rings. The third kappa shape index (κ3) is 7.55. The van der Waals surface area contributed by atoms with Gasteiger partial charge in [-0.2, -0.15) is 0 Å². The zero-order valence-corrected chi connectivity index (χ0v) is 20.9. The molecule has 1 N–H and O–H groups in total. The average molecular weight is 505 g/mol. The number of nitrogens with zero attached hydrogens (tertiary/aromatic N) is 1. The maximum Gasteiger partial charge on any atom is 0.242 e. The standard InChI is InChI=1S/C25H33BrN2O4/c1-5-27-25(30)18(4)28(17-20-8-12-21(26)13-9-20)24(29)15-11-19-10-14-22(31-6-2)23(16-19)32-7-3/h8-10,12-14,16,18H,5-7,11,15,17H2,1-4H3,(H,27,30)/t18-/m0/s1. The SMILES string of the molecule is CCNC(=O)[C@H](C)N(Cc1ccc(Br)cc1)C(=O)CCc1ccc(OCC)c(OCC)c1. The third-order valence-corrected chi connectivity index (χ3v) is 5.55. The summed E-state index contributed by atoms with van der Waals surface area (Å²) in [5, 5.41) is 2.82. The quantitative estimate of drug-likeness (QED) is 0.453. The Labute approximate surface area is 199 Å². The fourth-order valence-electron chi connectivity index (χ4n) is 3.34. The number of hydrogen-bond donors (Lipinski definition) is 1. The van der Waals surface area contributed by atoms with Gasteiger partial charge in [0.15, 0.2) is 11.5 Å². The molecular formula is C25H33BrN2O4. The molecule has 174 valence electrons. The van der Waals surface area contributed by atoms with E-state index in [1.807, 2.05) is 63.2 Å². The van der Waals surface area contributed by atoms with Gasteiger partial charge in [0, 0.05) is 24.0 Å². The number of aryl methyl sites for hydroxylation is 1. The Morgan fingerprint density at radius 1 is 0.969 bits per heavy atom. The molecule has 0 aromatic heterocycles. The van der Waals surface area contributed by atoms with Crippen molar-refractivity contribution in [1.82, 2.24) is 10.2 Å². The second-order valence-corrected chi connectivity index (χ2v) is 8.28. The summed E-state index contributed by atoms with van der Waals surface area (Å²) in [4.78, 5) is 27.3. The van der Waals surface area contributed by atoms with Crippen LogP contribution >= 0.6 is 15.9 Å². The minimum atomic E-state index is -0.564. The highest BCUT2D eigenvalue weighted by atomic mass is 79.9. The van der Waals surface area contributed by atoms with Crippen LogP contribution in [0.25, 0.3) is 0 Å². The molecule has 7 heteroatoms. The molecular weight excluding hydrogens is 472 g/mol. The molecule has 2 aromatic rings. The molecule has 0 saturated carbocycles. The van der Waals surface area contributed by atoms with Crippen LogP contribution in [0.3, 0.4) is 0 Å². The molecule has 0 aliphatic carbocycles. The van der Waals surface area contributed by atoms with Crippen molar-refractivity contribution in [3.8, 4) is 11.5 Å². The molecule has 0 spiro atoms. The van der Waals surface area contributed by atoms with E-state index < -0.39 is 6.04 Å². The fourth-order valence-corrected chi connectivity index (χ4v) is 3.60. The Bertz CT molecular complexity index is 886. The lowest BCUT2D eigenvalue weighted by Gasteiger charge is -2.29.